The first-order chi connectivity index (χ1) is 19.0. The maximum Gasteiger partial charge on any atom is 0.269 e. The summed E-state index contributed by atoms with van der Waals surface area (Å²) in [4.78, 5) is 63.4. The molecular weight excluding hydrogens is 629 g/mol. The fourth-order valence-corrected chi connectivity index (χ4v) is 8.20. The highest BCUT2D eigenvalue weighted by atomic mass is 79.9. The number of aromatic hydroxyl groups is 1. The van der Waals surface area contributed by atoms with Crippen LogP contribution in [0.3, 0.4) is 0 Å². The van der Waals surface area contributed by atoms with Crippen molar-refractivity contribution in [3.8, 4) is 5.75 Å². The number of phenolic OH excluding ortho intramolecular Hbond substituents is 1. The number of fused-ring (bicyclic) bond motifs is 4. The Morgan fingerprint density at radius 2 is 1.62 bits per heavy atom. The standard InChI is InChI=1S/C27H20BrCl2N3O7/c28-12-31-24(37)26(29)11-19-17(21(27(26,30)25(31)38)13-1-7-16(34)8-2-13)9-10-18-20(19)23(36)32(22(18)35)14-3-5-15(6-4-14)33(39)40/h1-9,18-21,34H,10-12H2. The van der Waals surface area contributed by atoms with Gasteiger partial charge in [0.05, 0.1) is 27.9 Å². The van der Waals surface area contributed by atoms with E-state index in [1.807, 2.05) is 6.08 Å². The number of carbonyl (C=O) groups is 4. The third kappa shape index (κ3) is 3.40. The predicted molar refractivity (Wildman–Crippen MR) is 147 cm³/mol. The molecule has 10 nitrogen and oxygen atoms in total. The first-order valence-electron chi connectivity index (χ1n) is 12.4. The van der Waals surface area contributed by atoms with Gasteiger partial charge in [0.2, 0.25) is 11.8 Å². The van der Waals surface area contributed by atoms with E-state index in [2.05, 4.69) is 15.9 Å². The van der Waals surface area contributed by atoms with Gasteiger partial charge in [0.1, 0.15) is 5.75 Å². The number of imide groups is 2. The number of nitro benzene ring substituents is 1. The summed E-state index contributed by atoms with van der Waals surface area (Å²) in [5.74, 6) is -5.62. The molecule has 4 amide bonds. The van der Waals surface area contributed by atoms with E-state index in [9.17, 15) is 34.4 Å². The average Bonchev–Trinajstić information content (AvgIpc) is 3.27. The molecule has 13 heteroatoms. The molecule has 0 spiro atoms. The van der Waals surface area contributed by atoms with Crippen LogP contribution in [0.5, 0.6) is 5.75 Å². The monoisotopic (exact) mass is 647 g/mol. The van der Waals surface area contributed by atoms with Crippen LogP contribution in [0.2, 0.25) is 0 Å². The molecule has 1 N–H and O–H groups in total. The molecule has 2 aliphatic heterocycles. The zero-order valence-corrected chi connectivity index (χ0v) is 23.6. The Kier molecular flexibility index (Phi) is 6.14. The van der Waals surface area contributed by atoms with Gasteiger partial charge in [-0.3, -0.25) is 39.1 Å². The molecular formula is C27H20BrCl2N3O7. The van der Waals surface area contributed by atoms with Crippen molar-refractivity contribution in [2.24, 2.45) is 17.8 Å². The molecule has 1 saturated carbocycles. The Bertz CT molecular complexity index is 1530. The van der Waals surface area contributed by atoms with Gasteiger partial charge in [-0.15, -0.1) is 23.2 Å². The minimum atomic E-state index is -1.92. The minimum Gasteiger partial charge on any atom is -0.508 e. The molecule has 206 valence electrons. The molecule has 4 aliphatic rings. The number of non-ortho nitro benzene ring substituents is 1. The van der Waals surface area contributed by atoms with Crippen LogP contribution in [0.25, 0.3) is 0 Å². The van der Waals surface area contributed by atoms with Crippen LogP contribution in [-0.4, -0.2) is 53.8 Å². The lowest BCUT2D eigenvalue weighted by atomic mass is 9.56. The number of amides is 4. The van der Waals surface area contributed by atoms with Crippen molar-refractivity contribution in [2.45, 2.75) is 28.5 Å². The maximum absolute atomic E-state index is 13.9. The number of hydrogen-bond acceptors (Lipinski definition) is 7. The molecule has 3 fully saturated rings. The summed E-state index contributed by atoms with van der Waals surface area (Å²) < 4.78 is 0. The van der Waals surface area contributed by atoms with E-state index >= 15 is 0 Å². The third-order valence-electron chi connectivity index (χ3n) is 8.56. The molecule has 6 rings (SSSR count). The van der Waals surface area contributed by atoms with E-state index < -0.39 is 62.0 Å². The predicted octanol–water partition coefficient (Wildman–Crippen LogP) is 4.22. The van der Waals surface area contributed by atoms with Crippen molar-refractivity contribution in [3.63, 3.8) is 0 Å². The highest BCUT2D eigenvalue weighted by Gasteiger charge is 2.76. The molecule has 2 heterocycles. The second-order valence-corrected chi connectivity index (χ2v) is 12.1. The Morgan fingerprint density at radius 3 is 2.23 bits per heavy atom. The summed E-state index contributed by atoms with van der Waals surface area (Å²) in [7, 11) is 0. The summed E-state index contributed by atoms with van der Waals surface area (Å²) in [5.41, 5.74) is 1.04. The van der Waals surface area contributed by atoms with E-state index in [-0.39, 0.29) is 35.4 Å². The Morgan fingerprint density at radius 1 is 0.975 bits per heavy atom. The number of rotatable bonds is 4. The number of alkyl halides is 3. The fourth-order valence-electron chi connectivity index (χ4n) is 6.77. The van der Waals surface area contributed by atoms with Gasteiger partial charge in [-0.2, -0.15) is 0 Å². The molecule has 40 heavy (non-hydrogen) atoms. The van der Waals surface area contributed by atoms with E-state index in [1.54, 1.807) is 12.1 Å². The molecule has 6 atom stereocenters. The lowest BCUT2D eigenvalue weighted by molar-refractivity contribution is -0.384. The van der Waals surface area contributed by atoms with Gasteiger partial charge in [-0.05, 0) is 48.6 Å². The zero-order chi connectivity index (χ0) is 28.7. The van der Waals surface area contributed by atoms with E-state index in [0.29, 0.717) is 11.1 Å². The van der Waals surface area contributed by atoms with Gasteiger partial charge in [-0.25, -0.2) is 0 Å². The average molecular weight is 649 g/mol. The first kappa shape index (κ1) is 26.9. The van der Waals surface area contributed by atoms with Crippen LogP contribution < -0.4 is 4.90 Å². The molecule has 0 radical (unpaired) electrons. The van der Waals surface area contributed by atoms with E-state index in [0.717, 1.165) is 9.80 Å². The molecule has 0 bridgehead atoms. The van der Waals surface area contributed by atoms with Gasteiger partial charge in [0, 0.05) is 18.1 Å². The normalized spacial score (nSPS) is 33.0. The van der Waals surface area contributed by atoms with Crippen molar-refractivity contribution in [1.29, 1.82) is 0 Å². The first-order valence-corrected chi connectivity index (χ1v) is 14.2. The summed E-state index contributed by atoms with van der Waals surface area (Å²) >= 11 is 17.5. The molecule has 2 aliphatic carbocycles. The Labute approximate surface area is 245 Å². The SMILES string of the molecule is O=C1C2CC=C3C(CC4(Cl)C(=O)N(CBr)C(=O)C4(Cl)C3c3ccc(O)cc3)C2C(=O)N1c1ccc([N+](=O)[O-])cc1. The van der Waals surface area contributed by atoms with Gasteiger partial charge >= 0.3 is 0 Å². The number of nitrogens with zero attached hydrogens (tertiary/aromatic N) is 3. The number of allylic oxidation sites excluding steroid dienone is 2. The molecule has 2 aromatic carbocycles. The second kappa shape index (κ2) is 9.12. The van der Waals surface area contributed by atoms with Gasteiger partial charge in [0.25, 0.3) is 17.5 Å². The molecule has 0 aromatic heterocycles. The van der Waals surface area contributed by atoms with Gasteiger partial charge < -0.3 is 5.11 Å². The van der Waals surface area contributed by atoms with Crippen LogP contribution in [0.4, 0.5) is 11.4 Å². The number of anilines is 1. The number of nitro groups is 1. The maximum atomic E-state index is 13.9. The van der Waals surface area contributed by atoms with Crippen LogP contribution >= 0.6 is 39.1 Å². The largest absolute Gasteiger partial charge is 0.508 e. The number of phenols is 1. The summed E-state index contributed by atoms with van der Waals surface area (Å²) in [5, 5.41) is 21.0. The van der Waals surface area contributed by atoms with Gasteiger partial charge in [-0.1, -0.05) is 39.7 Å². The van der Waals surface area contributed by atoms with Crippen LogP contribution in [0.15, 0.2) is 60.2 Å². The van der Waals surface area contributed by atoms with Crippen molar-refractivity contribution in [3.05, 3.63) is 75.9 Å². The second-order valence-electron chi connectivity index (χ2n) is 10.4. The number of benzene rings is 2. The third-order valence-corrected chi connectivity index (χ3v) is 10.5. The number of halogens is 3. The highest BCUT2D eigenvalue weighted by molar-refractivity contribution is 9.09. The number of carbonyl (C=O) groups excluding carboxylic acids is 4. The molecule has 2 saturated heterocycles. The van der Waals surface area contributed by atoms with Crippen LogP contribution in [-0.2, 0) is 19.2 Å². The lowest BCUT2D eigenvalue weighted by Gasteiger charge is -2.50. The zero-order valence-electron chi connectivity index (χ0n) is 20.5. The smallest absolute Gasteiger partial charge is 0.269 e. The summed E-state index contributed by atoms with van der Waals surface area (Å²) in [6, 6.07) is 11.2. The van der Waals surface area contributed by atoms with Crippen LogP contribution in [0, 0.1) is 27.9 Å². The van der Waals surface area contributed by atoms with Crippen molar-refractivity contribution in [1.82, 2.24) is 4.90 Å². The number of likely N-dealkylation sites (tertiary alicyclic amines) is 1. The Balaban J connectivity index is 1.48. The van der Waals surface area contributed by atoms with Crippen molar-refractivity contribution in [2.75, 3.05) is 10.4 Å². The topological polar surface area (TPSA) is 138 Å². The Hall–Kier alpha value is -3.28. The minimum absolute atomic E-state index is 0.0132. The van der Waals surface area contributed by atoms with E-state index in [4.69, 9.17) is 23.2 Å². The lowest BCUT2D eigenvalue weighted by Crippen LogP contribution is -2.60. The highest BCUT2D eigenvalue weighted by Crippen LogP contribution is 2.65. The number of hydrogen-bond donors (Lipinski definition) is 1. The summed E-state index contributed by atoms with van der Waals surface area (Å²) in [6.07, 6.45) is 1.84. The van der Waals surface area contributed by atoms with Gasteiger partial charge in [0.15, 0.2) is 9.75 Å². The quantitative estimate of drug-likeness (QED) is 0.131. The van der Waals surface area contributed by atoms with Crippen molar-refractivity contribution < 1.29 is 29.2 Å². The van der Waals surface area contributed by atoms with Crippen LogP contribution in [0.1, 0.15) is 24.3 Å². The van der Waals surface area contributed by atoms with E-state index in [1.165, 1.54) is 36.4 Å². The summed E-state index contributed by atoms with van der Waals surface area (Å²) in [6.45, 7) is 0. The molecule has 6 unspecified atom stereocenters. The fraction of sp³-hybridized carbons (Fsp3) is 0.333. The molecule has 2 aromatic rings. The van der Waals surface area contributed by atoms with Crippen molar-refractivity contribution >= 4 is 74.1 Å².